The summed E-state index contributed by atoms with van der Waals surface area (Å²) in [5.74, 6) is 2.43. The summed E-state index contributed by atoms with van der Waals surface area (Å²) in [7, 11) is 4.84. The number of nitrogens with one attached hydrogen (secondary N) is 1. The second-order valence-corrected chi connectivity index (χ2v) is 6.91. The fraction of sp³-hybridized carbons (Fsp3) is 0.381. The number of benzene rings is 2. The fourth-order valence-electron chi connectivity index (χ4n) is 3.89. The number of methoxy groups -OCH3 is 3. The van der Waals surface area contributed by atoms with Gasteiger partial charge in [-0.2, -0.15) is 0 Å². The number of tetrazole rings is 1. The van der Waals surface area contributed by atoms with Gasteiger partial charge in [-0.25, -0.2) is 4.68 Å². The van der Waals surface area contributed by atoms with E-state index in [1.165, 1.54) is 11.1 Å². The number of nitrogens with zero attached hydrogens (tertiary/aromatic N) is 4. The number of hydrogen-bond donors (Lipinski definition) is 1. The van der Waals surface area contributed by atoms with Crippen molar-refractivity contribution >= 4 is 5.95 Å². The first-order valence-electron chi connectivity index (χ1n) is 9.62. The highest BCUT2D eigenvalue weighted by molar-refractivity contribution is 5.57. The molecule has 1 aromatic heterocycles. The zero-order valence-corrected chi connectivity index (χ0v) is 17.0. The van der Waals surface area contributed by atoms with E-state index in [2.05, 4.69) is 52.0 Å². The Morgan fingerprint density at radius 1 is 1.00 bits per heavy atom. The van der Waals surface area contributed by atoms with Gasteiger partial charge in [0.25, 0.3) is 0 Å². The van der Waals surface area contributed by atoms with Gasteiger partial charge in [-0.3, -0.25) is 0 Å². The van der Waals surface area contributed by atoms with Crippen LogP contribution in [0.15, 0.2) is 36.4 Å². The standard InChI is InChI=1S/C21H25N5O3/c1-5-13-6-8-14(9-7-13)16-12-17(26-21(22-16)23-24-25-26)15-10-11-18(27-2)20(29-4)19(15)28-3/h6-11,16-17H,5,12H2,1-4H3,(H,22,23,25)/t16-,17-/m0/s1. The van der Waals surface area contributed by atoms with Gasteiger partial charge in [0, 0.05) is 5.56 Å². The number of rotatable bonds is 6. The Bertz CT molecular complexity index is 986. The van der Waals surface area contributed by atoms with Gasteiger partial charge in [-0.05, 0) is 46.5 Å². The van der Waals surface area contributed by atoms with Crippen molar-refractivity contribution in [2.45, 2.75) is 31.8 Å². The number of aromatic nitrogens is 4. The van der Waals surface area contributed by atoms with Gasteiger partial charge in [0.1, 0.15) is 0 Å². The van der Waals surface area contributed by atoms with Gasteiger partial charge in [0.15, 0.2) is 11.5 Å². The first-order valence-corrected chi connectivity index (χ1v) is 9.62. The lowest BCUT2D eigenvalue weighted by molar-refractivity contribution is 0.315. The number of aryl methyl sites for hydroxylation is 1. The minimum absolute atomic E-state index is 0.0715. The summed E-state index contributed by atoms with van der Waals surface area (Å²) in [4.78, 5) is 0. The van der Waals surface area contributed by atoms with Gasteiger partial charge < -0.3 is 19.5 Å². The highest BCUT2D eigenvalue weighted by Gasteiger charge is 2.33. The van der Waals surface area contributed by atoms with Crippen LogP contribution in [0.2, 0.25) is 0 Å². The molecule has 0 radical (unpaired) electrons. The van der Waals surface area contributed by atoms with Gasteiger partial charge in [0.05, 0.1) is 33.4 Å². The molecule has 1 aliphatic rings. The monoisotopic (exact) mass is 395 g/mol. The van der Waals surface area contributed by atoms with Gasteiger partial charge >= 0.3 is 0 Å². The molecule has 8 nitrogen and oxygen atoms in total. The number of ether oxygens (including phenoxy) is 3. The summed E-state index contributed by atoms with van der Waals surface area (Å²) in [6, 6.07) is 12.5. The van der Waals surface area contributed by atoms with E-state index in [1.807, 2.05) is 12.1 Å². The average Bonchev–Trinajstić information content (AvgIpc) is 3.26. The number of anilines is 1. The van der Waals surface area contributed by atoms with E-state index in [-0.39, 0.29) is 12.1 Å². The Labute approximate surface area is 169 Å². The molecule has 0 unspecified atom stereocenters. The van der Waals surface area contributed by atoms with E-state index in [0.29, 0.717) is 23.2 Å². The molecule has 0 saturated carbocycles. The van der Waals surface area contributed by atoms with Crippen molar-refractivity contribution in [2.75, 3.05) is 26.6 Å². The first-order chi connectivity index (χ1) is 14.2. The van der Waals surface area contributed by atoms with Crippen LogP contribution in [-0.4, -0.2) is 41.5 Å². The Morgan fingerprint density at radius 2 is 1.76 bits per heavy atom. The zero-order chi connectivity index (χ0) is 20.4. The van der Waals surface area contributed by atoms with E-state index >= 15 is 0 Å². The Hall–Kier alpha value is -3.29. The summed E-state index contributed by atoms with van der Waals surface area (Å²) in [6.07, 6.45) is 1.78. The average molecular weight is 395 g/mol. The minimum Gasteiger partial charge on any atom is -0.493 e. The van der Waals surface area contributed by atoms with Crippen LogP contribution in [0.4, 0.5) is 5.95 Å². The topological polar surface area (TPSA) is 83.3 Å². The third-order valence-electron chi connectivity index (χ3n) is 5.43. The molecular weight excluding hydrogens is 370 g/mol. The molecule has 2 atom stereocenters. The highest BCUT2D eigenvalue weighted by atomic mass is 16.5. The van der Waals surface area contributed by atoms with E-state index in [4.69, 9.17) is 14.2 Å². The molecule has 4 rings (SSSR count). The van der Waals surface area contributed by atoms with Gasteiger partial charge in [0.2, 0.25) is 11.7 Å². The van der Waals surface area contributed by atoms with Crippen molar-refractivity contribution < 1.29 is 14.2 Å². The Kier molecular flexibility index (Phi) is 5.24. The molecule has 2 heterocycles. The summed E-state index contributed by atoms with van der Waals surface area (Å²) >= 11 is 0. The molecule has 0 spiro atoms. The summed E-state index contributed by atoms with van der Waals surface area (Å²) < 4.78 is 18.5. The van der Waals surface area contributed by atoms with Crippen LogP contribution in [0.3, 0.4) is 0 Å². The molecule has 152 valence electrons. The van der Waals surface area contributed by atoms with Crippen LogP contribution in [0.25, 0.3) is 0 Å². The van der Waals surface area contributed by atoms with Crippen LogP contribution in [0.5, 0.6) is 17.2 Å². The lowest BCUT2D eigenvalue weighted by Crippen LogP contribution is -2.28. The van der Waals surface area contributed by atoms with Crippen molar-refractivity contribution in [2.24, 2.45) is 0 Å². The molecule has 3 aromatic rings. The minimum atomic E-state index is -0.119. The predicted molar refractivity (Wildman–Crippen MR) is 109 cm³/mol. The maximum Gasteiger partial charge on any atom is 0.243 e. The molecule has 1 aliphatic heterocycles. The lowest BCUT2D eigenvalue weighted by atomic mass is 9.92. The van der Waals surface area contributed by atoms with Crippen molar-refractivity contribution in [3.8, 4) is 17.2 Å². The fourth-order valence-corrected chi connectivity index (χ4v) is 3.89. The normalized spacial score (nSPS) is 17.9. The molecule has 1 N–H and O–H groups in total. The maximum atomic E-state index is 5.72. The summed E-state index contributed by atoms with van der Waals surface area (Å²) in [5.41, 5.74) is 3.45. The van der Waals surface area contributed by atoms with E-state index < -0.39 is 0 Å². The third-order valence-corrected chi connectivity index (χ3v) is 5.43. The summed E-state index contributed by atoms with van der Waals surface area (Å²) in [5, 5.41) is 15.7. The molecule has 8 heteroatoms. The molecule has 0 fully saturated rings. The third kappa shape index (κ3) is 3.35. The molecule has 0 saturated heterocycles. The number of hydrogen-bond acceptors (Lipinski definition) is 7. The lowest BCUT2D eigenvalue weighted by Gasteiger charge is -2.32. The zero-order valence-electron chi connectivity index (χ0n) is 17.0. The van der Waals surface area contributed by atoms with Crippen LogP contribution in [0, 0.1) is 0 Å². The van der Waals surface area contributed by atoms with Crippen molar-refractivity contribution in [1.29, 1.82) is 0 Å². The predicted octanol–water partition coefficient (Wildman–Crippen LogP) is 3.41. The molecule has 29 heavy (non-hydrogen) atoms. The van der Waals surface area contributed by atoms with Crippen molar-refractivity contribution in [3.63, 3.8) is 0 Å². The summed E-state index contributed by atoms with van der Waals surface area (Å²) in [6.45, 7) is 2.15. The van der Waals surface area contributed by atoms with Crippen LogP contribution >= 0.6 is 0 Å². The van der Waals surface area contributed by atoms with E-state index in [1.54, 1.807) is 26.0 Å². The second-order valence-electron chi connectivity index (χ2n) is 6.91. The largest absolute Gasteiger partial charge is 0.493 e. The first kappa shape index (κ1) is 19.0. The second kappa shape index (κ2) is 7.98. The van der Waals surface area contributed by atoms with Crippen LogP contribution < -0.4 is 19.5 Å². The quantitative estimate of drug-likeness (QED) is 0.685. The Morgan fingerprint density at radius 3 is 2.41 bits per heavy atom. The smallest absolute Gasteiger partial charge is 0.243 e. The molecule has 0 amide bonds. The van der Waals surface area contributed by atoms with Crippen LogP contribution in [-0.2, 0) is 6.42 Å². The molecular formula is C21H25N5O3. The van der Waals surface area contributed by atoms with Crippen molar-refractivity contribution in [1.82, 2.24) is 20.2 Å². The SMILES string of the molecule is CCc1ccc([C@@H]2C[C@@H](c3ccc(OC)c(OC)c3OC)n3nnnc3N2)cc1. The number of fused-ring (bicyclic) bond motifs is 1. The molecule has 2 aromatic carbocycles. The van der Waals surface area contributed by atoms with Gasteiger partial charge in [-0.1, -0.05) is 36.3 Å². The van der Waals surface area contributed by atoms with Gasteiger partial charge in [-0.15, -0.1) is 0 Å². The van der Waals surface area contributed by atoms with E-state index in [0.717, 1.165) is 18.4 Å². The molecule has 0 bridgehead atoms. The van der Waals surface area contributed by atoms with E-state index in [9.17, 15) is 0 Å². The van der Waals surface area contributed by atoms with Crippen LogP contribution in [0.1, 0.15) is 42.1 Å². The maximum absolute atomic E-state index is 5.72. The molecule has 0 aliphatic carbocycles. The highest BCUT2D eigenvalue weighted by Crippen LogP contribution is 2.46. The van der Waals surface area contributed by atoms with Crippen molar-refractivity contribution in [3.05, 3.63) is 53.1 Å². The Balaban J connectivity index is 1.77.